The first-order chi connectivity index (χ1) is 12.4. The van der Waals surface area contributed by atoms with Crippen LogP contribution in [-0.2, 0) is 30.4 Å². The van der Waals surface area contributed by atoms with Gasteiger partial charge in [-0.2, -0.15) is 8.42 Å². The van der Waals surface area contributed by atoms with E-state index in [0.29, 0.717) is 12.8 Å². The molecule has 5 nitrogen and oxygen atoms in total. The van der Waals surface area contributed by atoms with Crippen LogP contribution in [0.2, 0.25) is 0 Å². The van der Waals surface area contributed by atoms with Crippen molar-refractivity contribution in [2.24, 2.45) is 11.8 Å². The van der Waals surface area contributed by atoms with E-state index in [2.05, 4.69) is 0 Å². The standard InChI is InChI=1S/C20H22O5S/c1-15-7-9-19(10-8-15)26(22,23)25-14-17-11-18(12-17)20(21)24-13-16-5-3-2-4-6-16/h2-10,17-18H,11-14H2,1H3. The summed E-state index contributed by atoms with van der Waals surface area (Å²) in [5, 5.41) is 0. The van der Waals surface area contributed by atoms with Gasteiger partial charge in [0.25, 0.3) is 10.1 Å². The van der Waals surface area contributed by atoms with Crippen molar-refractivity contribution in [1.29, 1.82) is 0 Å². The van der Waals surface area contributed by atoms with Crippen LogP contribution >= 0.6 is 0 Å². The van der Waals surface area contributed by atoms with Crippen LogP contribution in [0, 0.1) is 18.8 Å². The lowest BCUT2D eigenvalue weighted by molar-refractivity contribution is -0.155. The molecule has 0 N–H and O–H groups in total. The summed E-state index contributed by atoms with van der Waals surface area (Å²) in [6.45, 7) is 2.25. The average molecular weight is 374 g/mol. The molecular weight excluding hydrogens is 352 g/mol. The Hall–Kier alpha value is -2.18. The topological polar surface area (TPSA) is 69.7 Å². The number of rotatable bonds is 7. The van der Waals surface area contributed by atoms with Crippen molar-refractivity contribution < 1.29 is 22.1 Å². The first-order valence-corrected chi connectivity index (χ1v) is 10.0. The summed E-state index contributed by atoms with van der Waals surface area (Å²) in [6, 6.07) is 16.1. The van der Waals surface area contributed by atoms with E-state index in [1.807, 2.05) is 37.3 Å². The van der Waals surface area contributed by atoms with Crippen LogP contribution in [-0.4, -0.2) is 21.0 Å². The Morgan fingerprint density at radius 3 is 2.35 bits per heavy atom. The predicted molar refractivity (Wildman–Crippen MR) is 96.8 cm³/mol. The van der Waals surface area contributed by atoms with E-state index in [1.165, 1.54) is 12.1 Å². The van der Waals surface area contributed by atoms with E-state index in [0.717, 1.165) is 11.1 Å². The molecule has 1 saturated carbocycles. The first kappa shape index (κ1) is 18.6. The molecule has 0 saturated heterocycles. The van der Waals surface area contributed by atoms with Crippen LogP contribution < -0.4 is 0 Å². The molecule has 3 rings (SSSR count). The predicted octanol–water partition coefficient (Wildman–Crippen LogP) is 3.47. The van der Waals surface area contributed by atoms with Gasteiger partial charge in [-0.05, 0) is 43.4 Å². The maximum atomic E-state index is 12.1. The summed E-state index contributed by atoms with van der Waals surface area (Å²) >= 11 is 0. The third kappa shape index (κ3) is 4.71. The molecule has 0 aliphatic heterocycles. The lowest BCUT2D eigenvalue weighted by atomic mass is 9.75. The van der Waals surface area contributed by atoms with Crippen molar-refractivity contribution in [2.75, 3.05) is 6.61 Å². The highest BCUT2D eigenvalue weighted by Gasteiger charge is 2.36. The molecule has 0 unspecified atom stereocenters. The largest absolute Gasteiger partial charge is 0.461 e. The van der Waals surface area contributed by atoms with E-state index < -0.39 is 10.1 Å². The fourth-order valence-electron chi connectivity index (χ4n) is 2.87. The number of carbonyl (C=O) groups is 1. The molecule has 0 heterocycles. The highest BCUT2D eigenvalue weighted by atomic mass is 32.2. The maximum absolute atomic E-state index is 12.1. The van der Waals surface area contributed by atoms with Gasteiger partial charge >= 0.3 is 5.97 Å². The van der Waals surface area contributed by atoms with Crippen molar-refractivity contribution in [2.45, 2.75) is 31.3 Å². The third-order valence-electron chi connectivity index (χ3n) is 4.56. The SMILES string of the molecule is Cc1ccc(S(=O)(=O)OCC2CC(C(=O)OCc3ccccc3)C2)cc1. The van der Waals surface area contributed by atoms with Crippen molar-refractivity contribution in [1.82, 2.24) is 0 Å². The van der Waals surface area contributed by atoms with E-state index in [-0.39, 0.29) is 35.9 Å². The lowest BCUT2D eigenvalue weighted by Crippen LogP contribution is -2.34. The molecule has 6 heteroatoms. The molecule has 26 heavy (non-hydrogen) atoms. The number of benzene rings is 2. The van der Waals surface area contributed by atoms with Crippen LogP contribution in [0.1, 0.15) is 24.0 Å². The molecule has 2 aromatic carbocycles. The Morgan fingerprint density at radius 2 is 1.69 bits per heavy atom. The zero-order valence-electron chi connectivity index (χ0n) is 14.6. The molecule has 0 aromatic heterocycles. The molecule has 138 valence electrons. The summed E-state index contributed by atoms with van der Waals surface area (Å²) in [6.07, 6.45) is 1.19. The first-order valence-electron chi connectivity index (χ1n) is 8.61. The number of carbonyl (C=O) groups excluding carboxylic acids is 1. The zero-order valence-corrected chi connectivity index (χ0v) is 15.4. The summed E-state index contributed by atoms with van der Waals surface area (Å²) in [5.41, 5.74) is 1.93. The molecule has 1 aliphatic carbocycles. The number of aryl methyl sites for hydroxylation is 1. The normalized spacial score (nSPS) is 19.6. The zero-order chi connectivity index (χ0) is 18.6. The summed E-state index contributed by atoms with van der Waals surface area (Å²) < 4.78 is 34.7. The minimum Gasteiger partial charge on any atom is -0.461 e. The fraction of sp³-hybridized carbons (Fsp3) is 0.350. The van der Waals surface area contributed by atoms with Crippen molar-refractivity contribution in [3.05, 3.63) is 65.7 Å². The molecule has 1 fully saturated rings. The van der Waals surface area contributed by atoms with Gasteiger partial charge in [0.2, 0.25) is 0 Å². The second-order valence-corrected chi connectivity index (χ2v) is 8.29. The quantitative estimate of drug-likeness (QED) is 0.548. The fourth-order valence-corrected chi connectivity index (χ4v) is 3.85. The van der Waals surface area contributed by atoms with E-state index in [4.69, 9.17) is 8.92 Å². The third-order valence-corrected chi connectivity index (χ3v) is 5.86. The van der Waals surface area contributed by atoms with E-state index >= 15 is 0 Å². The number of esters is 1. The monoisotopic (exact) mass is 374 g/mol. The molecule has 0 spiro atoms. The Morgan fingerprint density at radius 1 is 1.04 bits per heavy atom. The number of hydrogen-bond donors (Lipinski definition) is 0. The molecular formula is C20H22O5S. The van der Waals surface area contributed by atoms with Gasteiger partial charge in [0.05, 0.1) is 17.4 Å². The Kier molecular flexibility index (Phi) is 5.74. The summed E-state index contributed by atoms with van der Waals surface area (Å²) in [5.74, 6) is -0.342. The molecule has 0 radical (unpaired) electrons. The maximum Gasteiger partial charge on any atom is 0.309 e. The van der Waals surface area contributed by atoms with Crippen LogP contribution in [0.25, 0.3) is 0 Å². The highest BCUT2D eigenvalue weighted by Crippen LogP contribution is 2.35. The van der Waals surface area contributed by atoms with Crippen LogP contribution in [0.15, 0.2) is 59.5 Å². The van der Waals surface area contributed by atoms with Gasteiger partial charge in [-0.3, -0.25) is 8.98 Å². The number of hydrogen-bond acceptors (Lipinski definition) is 5. The lowest BCUT2D eigenvalue weighted by Gasteiger charge is -2.32. The molecule has 0 bridgehead atoms. The second kappa shape index (κ2) is 8.01. The van der Waals surface area contributed by atoms with Crippen molar-refractivity contribution >= 4 is 16.1 Å². The van der Waals surface area contributed by atoms with Crippen molar-refractivity contribution in [3.8, 4) is 0 Å². The highest BCUT2D eigenvalue weighted by molar-refractivity contribution is 7.86. The smallest absolute Gasteiger partial charge is 0.309 e. The Labute approximate surface area is 154 Å². The average Bonchev–Trinajstić information content (AvgIpc) is 2.60. The van der Waals surface area contributed by atoms with Crippen molar-refractivity contribution in [3.63, 3.8) is 0 Å². The molecule has 2 aromatic rings. The summed E-state index contributed by atoms with van der Waals surface area (Å²) in [7, 11) is -3.75. The number of ether oxygens (including phenoxy) is 1. The van der Waals surface area contributed by atoms with Gasteiger partial charge in [0.15, 0.2) is 0 Å². The van der Waals surface area contributed by atoms with Crippen LogP contribution in [0.3, 0.4) is 0 Å². The van der Waals surface area contributed by atoms with Crippen LogP contribution in [0.5, 0.6) is 0 Å². The van der Waals surface area contributed by atoms with Gasteiger partial charge in [0.1, 0.15) is 6.61 Å². The summed E-state index contributed by atoms with van der Waals surface area (Å²) in [4.78, 5) is 12.2. The Balaban J connectivity index is 1.41. The van der Waals surface area contributed by atoms with Gasteiger partial charge in [0, 0.05) is 0 Å². The van der Waals surface area contributed by atoms with Crippen LogP contribution in [0.4, 0.5) is 0 Å². The van der Waals surface area contributed by atoms with Gasteiger partial charge < -0.3 is 4.74 Å². The van der Waals surface area contributed by atoms with Gasteiger partial charge in [-0.25, -0.2) is 0 Å². The molecule has 1 aliphatic rings. The van der Waals surface area contributed by atoms with Gasteiger partial charge in [-0.1, -0.05) is 48.0 Å². The minimum atomic E-state index is -3.75. The molecule has 0 amide bonds. The second-order valence-electron chi connectivity index (χ2n) is 6.68. The van der Waals surface area contributed by atoms with E-state index in [1.54, 1.807) is 12.1 Å². The minimum absolute atomic E-state index is 0.0597. The molecule has 0 atom stereocenters. The van der Waals surface area contributed by atoms with Gasteiger partial charge in [-0.15, -0.1) is 0 Å². The van der Waals surface area contributed by atoms with E-state index in [9.17, 15) is 13.2 Å². The Bertz CT molecular complexity index is 838.